The summed E-state index contributed by atoms with van der Waals surface area (Å²) in [7, 11) is -7.56. The molecule has 3 rings (SSSR count). The number of amides is 1. The van der Waals surface area contributed by atoms with Gasteiger partial charge in [-0.2, -0.15) is 0 Å². The summed E-state index contributed by atoms with van der Waals surface area (Å²) in [6, 6.07) is 10.2. The van der Waals surface area contributed by atoms with Gasteiger partial charge in [0.1, 0.15) is 10.1 Å². The number of hydrogen-bond donors (Lipinski definition) is 1. The number of nitrogens with zero attached hydrogens (tertiary/aromatic N) is 1. The summed E-state index contributed by atoms with van der Waals surface area (Å²) in [6.45, 7) is -0.0758. The lowest BCUT2D eigenvalue weighted by Crippen LogP contribution is -2.57. The molecular formula is C18H17Cl3N2O5S2. The molecule has 1 fully saturated rings. The first-order chi connectivity index (χ1) is 14.0. The number of hydrogen-bond acceptors (Lipinski definition) is 5. The SMILES string of the molecule is O=C(CCNS(=O)(=O)c1c(Cl)cccc1Cl)N1CC(S(=O)(=O)c2ccc(Cl)cc2)C1. The number of benzene rings is 2. The molecule has 7 nitrogen and oxygen atoms in total. The fraction of sp³-hybridized carbons (Fsp3) is 0.278. The number of nitrogens with one attached hydrogen (secondary N) is 1. The quantitative estimate of drug-likeness (QED) is 0.616. The van der Waals surface area contributed by atoms with E-state index >= 15 is 0 Å². The zero-order valence-electron chi connectivity index (χ0n) is 15.4. The summed E-state index contributed by atoms with van der Waals surface area (Å²) in [5.74, 6) is -0.356. The van der Waals surface area contributed by atoms with E-state index < -0.39 is 25.1 Å². The number of carbonyl (C=O) groups is 1. The summed E-state index contributed by atoms with van der Waals surface area (Å²) in [5, 5.41) is -0.334. The van der Waals surface area contributed by atoms with Crippen LogP contribution in [0.25, 0.3) is 0 Å². The van der Waals surface area contributed by atoms with Crippen LogP contribution in [0.4, 0.5) is 0 Å². The van der Waals surface area contributed by atoms with E-state index in [4.69, 9.17) is 34.8 Å². The first kappa shape index (κ1) is 23.3. The van der Waals surface area contributed by atoms with Crippen LogP contribution in [0.5, 0.6) is 0 Å². The molecule has 1 heterocycles. The Labute approximate surface area is 189 Å². The molecular weight excluding hydrogens is 495 g/mol. The molecule has 0 aliphatic carbocycles. The number of likely N-dealkylation sites (tertiary alicyclic amines) is 1. The third kappa shape index (κ3) is 4.92. The lowest BCUT2D eigenvalue weighted by atomic mass is 10.2. The van der Waals surface area contributed by atoms with Gasteiger partial charge in [0, 0.05) is 31.1 Å². The Morgan fingerprint density at radius 2 is 1.53 bits per heavy atom. The maximum Gasteiger partial charge on any atom is 0.243 e. The third-order valence-electron chi connectivity index (χ3n) is 4.60. The summed E-state index contributed by atoms with van der Waals surface area (Å²) >= 11 is 17.6. The van der Waals surface area contributed by atoms with Crippen molar-refractivity contribution >= 4 is 60.6 Å². The highest BCUT2D eigenvalue weighted by atomic mass is 35.5. The van der Waals surface area contributed by atoms with E-state index in [1.807, 2.05) is 0 Å². The average Bonchev–Trinajstić information content (AvgIpc) is 2.60. The van der Waals surface area contributed by atoms with Crippen LogP contribution in [0.15, 0.2) is 52.3 Å². The number of halogens is 3. The molecule has 0 bridgehead atoms. The van der Waals surface area contributed by atoms with Crippen LogP contribution in [0, 0.1) is 0 Å². The van der Waals surface area contributed by atoms with Crippen molar-refractivity contribution in [3.05, 3.63) is 57.5 Å². The highest BCUT2D eigenvalue weighted by molar-refractivity contribution is 7.92. The Morgan fingerprint density at radius 3 is 2.10 bits per heavy atom. The van der Waals surface area contributed by atoms with E-state index in [0.717, 1.165) is 0 Å². The summed E-state index contributed by atoms with van der Waals surface area (Å²) in [4.78, 5) is 13.5. The Hall–Kier alpha value is -1.36. The molecule has 12 heteroatoms. The van der Waals surface area contributed by atoms with Crippen LogP contribution in [0.3, 0.4) is 0 Å². The standard InChI is InChI=1S/C18H17Cl3N2O5S2/c19-12-4-6-13(7-5-12)29(25,26)14-10-23(11-14)17(24)8-9-22-30(27,28)18-15(20)2-1-3-16(18)21/h1-7,14,22H,8-11H2. The second-order valence-corrected chi connectivity index (χ2v) is 11.8. The van der Waals surface area contributed by atoms with Gasteiger partial charge in [-0.3, -0.25) is 4.79 Å². The molecule has 0 unspecified atom stereocenters. The summed E-state index contributed by atoms with van der Waals surface area (Å²) in [6.07, 6.45) is -0.130. The van der Waals surface area contributed by atoms with Crippen molar-refractivity contribution in [3.63, 3.8) is 0 Å². The molecule has 1 aliphatic rings. The predicted octanol–water partition coefficient (Wildman–Crippen LogP) is 3.00. The summed E-state index contributed by atoms with van der Waals surface area (Å²) < 4.78 is 52.2. The largest absolute Gasteiger partial charge is 0.340 e. The Balaban J connectivity index is 1.53. The lowest BCUT2D eigenvalue weighted by molar-refractivity contribution is -0.134. The van der Waals surface area contributed by atoms with Gasteiger partial charge in [0.15, 0.2) is 9.84 Å². The van der Waals surface area contributed by atoms with Crippen LogP contribution in [0.1, 0.15) is 6.42 Å². The topological polar surface area (TPSA) is 101 Å². The van der Waals surface area contributed by atoms with Crippen molar-refractivity contribution in [2.45, 2.75) is 21.5 Å². The average molecular weight is 512 g/mol. The molecule has 2 aromatic carbocycles. The van der Waals surface area contributed by atoms with Crippen LogP contribution in [-0.4, -0.2) is 52.5 Å². The third-order valence-corrected chi connectivity index (χ3v) is 9.37. The Bertz CT molecular complexity index is 1140. The first-order valence-corrected chi connectivity index (χ1v) is 12.9. The van der Waals surface area contributed by atoms with E-state index in [0.29, 0.717) is 5.02 Å². The molecule has 162 valence electrons. The highest BCUT2D eigenvalue weighted by Gasteiger charge is 2.40. The number of carbonyl (C=O) groups excluding carboxylic acids is 1. The smallest absolute Gasteiger partial charge is 0.243 e. The Kier molecular flexibility index (Phi) is 7.01. The van der Waals surface area contributed by atoms with E-state index in [2.05, 4.69) is 4.72 Å². The fourth-order valence-corrected chi connectivity index (χ4v) is 6.87. The van der Waals surface area contributed by atoms with Gasteiger partial charge in [0.2, 0.25) is 15.9 Å². The molecule has 1 amide bonds. The monoisotopic (exact) mass is 510 g/mol. The highest BCUT2D eigenvalue weighted by Crippen LogP contribution is 2.29. The zero-order valence-corrected chi connectivity index (χ0v) is 19.3. The van der Waals surface area contributed by atoms with Gasteiger partial charge in [-0.1, -0.05) is 40.9 Å². The van der Waals surface area contributed by atoms with Crippen molar-refractivity contribution in [3.8, 4) is 0 Å². The van der Waals surface area contributed by atoms with Gasteiger partial charge >= 0.3 is 0 Å². The molecule has 2 aromatic rings. The maximum atomic E-state index is 12.6. The zero-order chi connectivity index (χ0) is 22.1. The van der Waals surface area contributed by atoms with Crippen molar-refractivity contribution in [2.75, 3.05) is 19.6 Å². The normalized spacial score (nSPS) is 15.1. The minimum atomic E-state index is -4.00. The number of sulfone groups is 1. The first-order valence-electron chi connectivity index (χ1n) is 8.73. The van der Waals surface area contributed by atoms with E-state index in [9.17, 15) is 21.6 Å². The van der Waals surface area contributed by atoms with Gasteiger partial charge < -0.3 is 4.90 Å². The molecule has 0 aromatic heterocycles. The van der Waals surface area contributed by atoms with Gasteiger partial charge in [0.25, 0.3) is 0 Å². The van der Waals surface area contributed by atoms with Crippen molar-refractivity contribution < 1.29 is 21.6 Å². The molecule has 1 aliphatic heterocycles. The molecule has 0 atom stereocenters. The molecule has 0 saturated carbocycles. The van der Waals surface area contributed by atoms with Crippen LogP contribution < -0.4 is 4.72 Å². The number of rotatable bonds is 7. The van der Waals surface area contributed by atoms with Crippen LogP contribution >= 0.6 is 34.8 Å². The molecule has 0 spiro atoms. The van der Waals surface area contributed by atoms with Gasteiger partial charge in [-0.05, 0) is 36.4 Å². The van der Waals surface area contributed by atoms with Crippen LogP contribution in [0.2, 0.25) is 15.1 Å². The van der Waals surface area contributed by atoms with Gasteiger partial charge in [-0.15, -0.1) is 0 Å². The summed E-state index contributed by atoms with van der Waals surface area (Å²) in [5.41, 5.74) is 0. The van der Waals surface area contributed by atoms with Crippen molar-refractivity contribution in [2.24, 2.45) is 0 Å². The van der Waals surface area contributed by atoms with Crippen LogP contribution in [-0.2, 0) is 24.7 Å². The number of sulfonamides is 1. The van der Waals surface area contributed by atoms with Gasteiger partial charge in [0.05, 0.1) is 14.9 Å². The Morgan fingerprint density at radius 1 is 0.967 bits per heavy atom. The van der Waals surface area contributed by atoms with E-state index in [1.165, 1.54) is 47.4 Å². The predicted molar refractivity (Wildman–Crippen MR) is 115 cm³/mol. The molecule has 30 heavy (non-hydrogen) atoms. The van der Waals surface area contributed by atoms with Gasteiger partial charge in [-0.25, -0.2) is 21.6 Å². The van der Waals surface area contributed by atoms with Crippen molar-refractivity contribution in [1.82, 2.24) is 9.62 Å². The lowest BCUT2D eigenvalue weighted by Gasteiger charge is -2.38. The second kappa shape index (κ2) is 9.02. The van der Waals surface area contributed by atoms with E-state index in [1.54, 1.807) is 0 Å². The molecule has 0 radical (unpaired) electrons. The molecule has 1 saturated heterocycles. The molecule has 1 N–H and O–H groups in total. The maximum absolute atomic E-state index is 12.6. The minimum Gasteiger partial charge on any atom is -0.340 e. The second-order valence-electron chi connectivity index (χ2n) is 6.62. The van der Waals surface area contributed by atoms with E-state index in [-0.39, 0.29) is 51.8 Å². The van der Waals surface area contributed by atoms with Crippen molar-refractivity contribution in [1.29, 1.82) is 0 Å². The fourth-order valence-electron chi connectivity index (χ4n) is 2.92. The minimum absolute atomic E-state index is 0.0284.